The summed E-state index contributed by atoms with van der Waals surface area (Å²) in [7, 11) is 0. The van der Waals surface area contributed by atoms with Gasteiger partial charge in [-0.3, -0.25) is 4.98 Å². The number of benzene rings is 1. The van der Waals surface area contributed by atoms with E-state index in [2.05, 4.69) is 41.2 Å². The van der Waals surface area contributed by atoms with Crippen molar-refractivity contribution < 1.29 is 0 Å². The third-order valence-electron chi connectivity index (χ3n) is 2.77. The molecule has 2 aromatic heterocycles. The fourth-order valence-corrected chi connectivity index (χ4v) is 2.00. The van der Waals surface area contributed by atoms with Crippen molar-refractivity contribution in [2.24, 2.45) is 0 Å². The first kappa shape index (κ1) is 9.16. The Morgan fingerprint density at radius 1 is 0.938 bits per heavy atom. The van der Waals surface area contributed by atoms with Crippen LogP contribution in [0.2, 0.25) is 0 Å². The number of pyridine rings is 1. The number of aromatic amines is 1. The zero-order valence-electron chi connectivity index (χ0n) is 9.07. The zero-order valence-corrected chi connectivity index (χ0v) is 9.07. The molecule has 0 aliphatic carbocycles. The van der Waals surface area contributed by atoms with Crippen LogP contribution in [-0.4, -0.2) is 9.97 Å². The summed E-state index contributed by atoms with van der Waals surface area (Å²) in [4.78, 5) is 7.36. The van der Waals surface area contributed by atoms with Crippen LogP contribution >= 0.6 is 0 Å². The average molecular weight is 208 g/mol. The summed E-state index contributed by atoms with van der Waals surface area (Å²) in [5.41, 5.74) is 4.82. The summed E-state index contributed by atoms with van der Waals surface area (Å²) < 4.78 is 0. The summed E-state index contributed by atoms with van der Waals surface area (Å²) in [6.45, 7) is 2.08. The Kier molecular flexibility index (Phi) is 2.00. The fraction of sp³-hybridized carbons (Fsp3) is 0.0714. The first-order chi connectivity index (χ1) is 7.83. The number of aromatic nitrogens is 2. The summed E-state index contributed by atoms with van der Waals surface area (Å²) in [5, 5.41) is 1.26. The Balaban J connectivity index is 2.18. The van der Waals surface area contributed by atoms with Crippen molar-refractivity contribution in [2.75, 3.05) is 0 Å². The van der Waals surface area contributed by atoms with Gasteiger partial charge in [0, 0.05) is 29.0 Å². The number of aryl methyl sites for hydroxylation is 1. The number of hydrogen-bond acceptors (Lipinski definition) is 1. The molecule has 3 aromatic rings. The highest BCUT2D eigenvalue weighted by molar-refractivity contribution is 5.85. The molecule has 78 valence electrons. The topological polar surface area (TPSA) is 28.7 Å². The molecule has 0 aliphatic heterocycles. The molecule has 0 spiro atoms. The molecule has 1 N–H and O–H groups in total. The van der Waals surface area contributed by atoms with Gasteiger partial charge in [-0.25, -0.2) is 0 Å². The summed E-state index contributed by atoms with van der Waals surface area (Å²) in [5.74, 6) is 0. The van der Waals surface area contributed by atoms with Crippen molar-refractivity contribution in [1.82, 2.24) is 9.97 Å². The van der Waals surface area contributed by atoms with Crippen molar-refractivity contribution in [1.29, 1.82) is 0 Å². The SMILES string of the molecule is Cc1cc2cc(-c3ccncc3)ccc2[nH]1. The summed E-state index contributed by atoms with van der Waals surface area (Å²) in [6, 6.07) is 12.7. The highest BCUT2D eigenvalue weighted by Gasteiger charge is 2.00. The van der Waals surface area contributed by atoms with Crippen LogP contribution in [-0.2, 0) is 0 Å². The minimum Gasteiger partial charge on any atom is -0.359 e. The van der Waals surface area contributed by atoms with E-state index in [1.807, 2.05) is 24.5 Å². The van der Waals surface area contributed by atoms with Crippen molar-refractivity contribution in [3.05, 3.63) is 54.5 Å². The minimum absolute atomic E-state index is 1.19. The van der Waals surface area contributed by atoms with Gasteiger partial charge in [0.25, 0.3) is 0 Å². The number of nitrogens with one attached hydrogen (secondary N) is 1. The van der Waals surface area contributed by atoms with Crippen LogP contribution < -0.4 is 0 Å². The molecule has 0 atom stereocenters. The van der Waals surface area contributed by atoms with Crippen LogP contribution in [0.4, 0.5) is 0 Å². The number of hydrogen-bond donors (Lipinski definition) is 1. The van der Waals surface area contributed by atoms with Gasteiger partial charge in [0.1, 0.15) is 0 Å². The number of fused-ring (bicyclic) bond motifs is 1. The van der Waals surface area contributed by atoms with Crippen LogP contribution in [0.25, 0.3) is 22.0 Å². The lowest BCUT2D eigenvalue weighted by Crippen LogP contribution is -1.78. The molecule has 0 unspecified atom stereocenters. The highest BCUT2D eigenvalue weighted by atomic mass is 14.7. The zero-order chi connectivity index (χ0) is 11.0. The van der Waals surface area contributed by atoms with E-state index in [9.17, 15) is 0 Å². The van der Waals surface area contributed by atoms with E-state index in [-0.39, 0.29) is 0 Å². The minimum atomic E-state index is 1.19. The van der Waals surface area contributed by atoms with Crippen molar-refractivity contribution in [2.45, 2.75) is 6.92 Å². The Morgan fingerprint density at radius 2 is 1.75 bits per heavy atom. The molecule has 0 radical (unpaired) electrons. The van der Waals surface area contributed by atoms with Crippen LogP contribution in [0.3, 0.4) is 0 Å². The molecule has 2 heteroatoms. The normalized spacial score (nSPS) is 10.8. The molecule has 2 heterocycles. The molecule has 0 fully saturated rings. The van der Waals surface area contributed by atoms with E-state index in [0.29, 0.717) is 0 Å². The molecule has 16 heavy (non-hydrogen) atoms. The predicted octanol–water partition coefficient (Wildman–Crippen LogP) is 3.54. The maximum atomic E-state index is 4.03. The molecule has 0 aliphatic rings. The quantitative estimate of drug-likeness (QED) is 0.651. The Hall–Kier alpha value is -2.09. The van der Waals surface area contributed by atoms with Crippen LogP contribution in [0.5, 0.6) is 0 Å². The first-order valence-corrected chi connectivity index (χ1v) is 5.33. The molecular weight excluding hydrogens is 196 g/mol. The van der Waals surface area contributed by atoms with Crippen molar-refractivity contribution in [3.63, 3.8) is 0 Å². The van der Waals surface area contributed by atoms with Crippen molar-refractivity contribution >= 4 is 10.9 Å². The molecule has 3 rings (SSSR count). The van der Waals surface area contributed by atoms with Gasteiger partial charge in [-0.15, -0.1) is 0 Å². The standard InChI is InChI=1S/C14H12N2/c1-10-8-13-9-12(2-3-14(13)16-10)11-4-6-15-7-5-11/h2-9,16H,1H3. The molecule has 0 saturated carbocycles. The van der Waals surface area contributed by atoms with E-state index >= 15 is 0 Å². The number of H-pyrrole nitrogens is 1. The van der Waals surface area contributed by atoms with E-state index in [0.717, 1.165) is 0 Å². The fourth-order valence-electron chi connectivity index (χ4n) is 2.00. The van der Waals surface area contributed by atoms with Gasteiger partial charge < -0.3 is 4.98 Å². The summed E-state index contributed by atoms with van der Waals surface area (Å²) in [6.07, 6.45) is 3.64. The first-order valence-electron chi connectivity index (χ1n) is 5.33. The van der Waals surface area contributed by atoms with Gasteiger partial charge in [0.2, 0.25) is 0 Å². The lowest BCUT2D eigenvalue weighted by Gasteiger charge is -2.00. The predicted molar refractivity (Wildman–Crippen MR) is 66.3 cm³/mol. The van der Waals surface area contributed by atoms with Gasteiger partial charge in [-0.2, -0.15) is 0 Å². The number of rotatable bonds is 1. The Morgan fingerprint density at radius 3 is 2.56 bits per heavy atom. The second-order valence-electron chi connectivity index (χ2n) is 3.99. The Bertz CT molecular complexity index is 624. The second-order valence-corrected chi connectivity index (χ2v) is 3.99. The highest BCUT2D eigenvalue weighted by Crippen LogP contribution is 2.24. The maximum Gasteiger partial charge on any atom is 0.0456 e. The molecule has 0 bridgehead atoms. The van der Waals surface area contributed by atoms with Gasteiger partial charge in [0.05, 0.1) is 0 Å². The van der Waals surface area contributed by atoms with Crippen molar-refractivity contribution in [3.8, 4) is 11.1 Å². The monoisotopic (exact) mass is 208 g/mol. The largest absolute Gasteiger partial charge is 0.359 e. The molecular formula is C14H12N2. The smallest absolute Gasteiger partial charge is 0.0456 e. The lowest BCUT2D eigenvalue weighted by atomic mass is 10.1. The lowest BCUT2D eigenvalue weighted by molar-refractivity contribution is 1.30. The number of nitrogens with zero attached hydrogens (tertiary/aromatic N) is 1. The third-order valence-corrected chi connectivity index (χ3v) is 2.77. The van der Waals surface area contributed by atoms with Gasteiger partial charge in [-0.1, -0.05) is 6.07 Å². The second kappa shape index (κ2) is 3.49. The van der Waals surface area contributed by atoms with Gasteiger partial charge in [-0.05, 0) is 48.4 Å². The van der Waals surface area contributed by atoms with Gasteiger partial charge in [0.15, 0.2) is 0 Å². The summed E-state index contributed by atoms with van der Waals surface area (Å²) >= 11 is 0. The van der Waals surface area contributed by atoms with E-state index in [4.69, 9.17) is 0 Å². The average Bonchev–Trinajstić information content (AvgIpc) is 2.69. The Labute approximate surface area is 94.0 Å². The van der Waals surface area contributed by atoms with Crippen LogP contribution in [0.15, 0.2) is 48.8 Å². The van der Waals surface area contributed by atoms with Gasteiger partial charge >= 0.3 is 0 Å². The molecule has 2 nitrogen and oxygen atoms in total. The van der Waals surface area contributed by atoms with E-state index in [1.54, 1.807) is 0 Å². The molecule has 0 saturated heterocycles. The third kappa shape index (κ3) is 1.48. The van der Waals surface area contributed by atoms with E-state index in [1.165, 1.54) is 27.7 Å². The van der Waals surface area contributed by atoms with Crippen LogP contribution in [0, 0.1) is 6.92 Å². The molecule has 1 aromatic carbocycles. The maximum absolute atomic E-state index is 4.03. The van der Waals surface area contributed by atoms with E-state index < -0.39 is 0 Å². The van der Waals surface area contributed by atoms with Crippen LogP contribution in [0.1, 0.15) is 5.69 Å². The molecule has 0 amide bonds.